The minimum absolute atomic E-state index is 0.0496. The van der Waals surface area contributed by atoms with Crippen LogP contribution in [0.4, 0.5) is 0 Å². The van der Waals surface area contributed by atoms with Gasteiger partial charge in [0.15, 0.2) is 11.5 Å². The molecule has 2 rings (SSSR count). The molecule has 0 aromatic heterocycles. The highest BCUT2D eigenvalue weighted by Crippen LogP contribution is 2.31. The van der Waals surface area contributed by atoms with Crippen molar-refractivity contribution in [1.82, 2.24) is 5.32 Å². The van der Waals surface area contributed by atoms with Gasteiger partial charge >= 0.3 is 0 Å². The smallest absolute Gasteiger partial charge is 0.249 e. The molecule has 1 aromatic rings. The third-order valence-electron chi connectivity index (χ3n) is 3.63. The lowest BCUT2D eigenvalue weighted by atomic mass is 10.1. The summed E-state index contributed by atoms with van der Waals surface area (Å²) in [4.78, 5) is 12.1. The summed E-state index contributed by atoms with van der Waals surface area (Å²) < 4.78 is 16.5. The Hall–Kier alpha value is -1.75. The SMILES string of the molecule is COc1cc(C(C)NC(=O)C2CCCO2)ccc1OC(C)C. The maximum absolute atomic E-state index is 12.1. The summed E-state index contributed by atoms with van der Waals surface area (Å²) in [5.41, 5.74) is 0.972. The Morgan fingerprint density at radius 1 is 1.32 bits per heavy atom. The van der Waals surface area contributed by atoms with Gasteiger partial charge < -0.3 is 19.5 Å². The van der Waals surface area contributed by atoms with E-state index in [1.807, 2.05) is 39.0 Å². The van der Waals surface area contributed by atoms with Crippen molar-refractivity contribution in [3.8, 4) is 11.5 Å². The van der Waals surface area contributed by atoms with E-state index < -0.39 is 0 Å². The van der Waals surface area contributed by atoms with E-state index >= 15 is 0 Å². The maximum atomic E-state index is 12.1. The lowest BCUT2D eigenvalue weighted by Gasteiger charge is -2.19. The number of nitrogens with one attached hydrogen (secondary N) is 1. The zero-order chi connectivity index (χ0) is 16.1. The minimum atomic E-state index is -0.312. The van der Waals surface area contributed by atoms with Crippen molar-refractivity contribution in [3.05, 3.63) is 23.8 Å². The van der Waals surface area contributed by atoms with Crippen molar-refractivity contribution in [2.75, 3.05) is 13.7 Å². The van der Waals surface area contributed by atoms with Crippen molar-refractivity contribution >= 4 is 5.91 Å². The Labute approximate surface area is 131 Å². The highest BCUT2D eigenvalue weighted by Gasteiger charge is 2.25. The molecule has 0 spiro atoms. The number of ether oxygens (including phenoxy) is 3. The van der Waals surface area contributed by atoms with Crippen LogP contribution in [-0.4, -0.2) is 31.8 Å². The van der Waals surface area contributed by atoms with E-state index in [1.54, 1.807) is 7.11 Å². The molecule has 1 fully saturated rings. The fourth-order valence-electron chi connectivity index (χ4n) is 2.48. The summed E-state index contributed by atoms with van der Waals surface area (Å²) in [6, 6.07) is 5.61. The van der Waals surface area contributed by atoms with Crippen molar-refractivity contribution < 1.29 is 19.0 Å². The normalized spacial score (nSPS) is 19.0. The number of carbonyl (C=O) groups is 1. The first-order valence-corrected chi connectivity index (χ1v) is 7.78. The molecule has 2 atom stereocenters. The highest BCUT2D eigenvalue weighted by molar-refractivity contribution is 5.81. The molecule has 122 valence electrons. The fraction of sp³-hybridized carbons (Fsp3) is 0.588. The van der Waals surface area contributed by atoms with E-state index in [9.17, 15) is 4.79 Å². The van der Waals surface area contributed by atoms with Gasteiger partial charge in [-0.2, -0.15) is 0 Å². The lowest BCUT2D eigenvalue weighted by molar-refractivity contribution is -0.130. The molecular formula is C17H25NO4. The van der Waals surface area contributed by atoms with Gasteiger partial charge in [0.2, 0.25) is 5.91 Å². The molecule has 1 saturated heterocycles. The molecular weight excluding hydrogens is 282 g/mol. The van der Waals surface area contributed by atoms with Crippen LogP contribution >= 0.6 is 0 Å². The standard InChI is InChI=1S/C17H25NO4/c1-11(2)22-14-8-7-13(10-16(14)20-4)12(3)18-17(19)15-6-5-9-21-15/h7-8,10-12,15H,5-6,9H2,1-4H3,(H,18,19). The van der Waals surface area contributed by atoms with E-state index in [2.05, 4.69) is 5.32 Å². The summed E-state index contributed by atoms with van der Waals surface area (Å²) in [6.45, 7) is 6.56. The first-order valence-electron chi connectivity index (χ1n) is 7.78. The predicted molar refractivity (Wildman–Crippen MR) is 84.3 cm³/mol. The van der Waals surface area contributed by atoms with Gasteiger partial charge in [-0.15, -0.1) is 0 Å². The summed E-state index contributed by atoms with van der Waals surface area (Å²) in [5.74, 6) is 1.33. The molecule has 1 N–H and O–H groups in total. The molecule has 0 aliphatic carbocycles. The fourth-order valence-corrected chi connectivity index (χ4v) is 2.48. The third-order valence-corrected chi connectivity index (χ3v) is 3.63. The molecule has 0 bridgehead atoms. The van der Waals surface area contributed by atoms with Crippen LogP contribution in [0, 0.1) is 0 Å². The number of hydrogen-bond donors (Lipinski definition) is 1. The van der Waals surface area contributed by atoms with Crippen LogP contribution in [0.5, 0.6) is 11.5 Å². The largest absolute Gasteiger partial charge is 0.493 e. The number of rotatable bonds is 6. The van der Waals surface area contributed by atoms with E-state index in [0.717, 1.165) is 18.4 Å². The third kappa shape index (κ3) is 4.13. The second-order valence-electron chi connectivity index (χ2n) is 5.81. The summed E-state index contributed by atoms with van der Waals surface area (Å²) in [7, 11) is 1.61. The first kappa shape index (κ1) is 16.6. The van der Waals surface area contributed by atoms with Gasteiger partial charge in [0.1, 0.15) is 6.10 Å². The molecule has 1 aliphatic rings. The predicted octanol–water partition coefficient (Wildman–Crippen LogP) is 2.84. The van der Waals surface area contributed by atoms with Gasteiger partial charge in [-0.25, -0.2) is 0 Å². The van der Waals surface area contributed by atoms with Gasteiger partial charge in [0.05, 0.1) is 19.3 Å². The number of amides is 1. The number of benzene rings is 1. The summed E-state index contributed by atoms with van der Waals surface area (Å²) >= 11 is 0. The van der Waals surface area contributed by atoms with Gasteiger partial charge in [0.25, 0.3) is 0 Å². The molecule has 1 aliphatic heterocycles. The molecule has 5 heteroatoms. The van der Waals surface area contributed by atoms with E-state index in [4.69, 9.17) is 14.2 Å². The van der Waals surface area contributed by atoms with Crippen LogP contribution < -0.4 is 14.8 Å². The number of carbonyl (C=O) groups excluding carboxylic acids is 1. The van der Waals surface area contributed by atoms with Crippen molar-refractivity contribution in [1.29, 1.82) is 0 Å². The van der Waals surface area contributed by atoms with Gasteiger partial charge in [-0.05, 0) is 51.3 Å². The topological polar surface area (TPSA) is 56.8 Å². The molecule has 1 heterocycles. The maximum Gasteiger partial charge on any atom is 0.249 e. The van der Waals surface area contributed by atoms with E-state index in [1.165, 1.54) is 0 Å². The lowest BCUT2D eigenvalue weighted by Crippen LogP contribution is -2.35. The molecule has 1 amide bonds. The second-order valence-corrected chi connectivity index (χ2v) is 5.81. The summed E-state index contributed by atoms with van der Waals surface area (Å²) in [6.07, 6.45) is 1.51. The van der Waals surface area contributed by atoms with Crippen LogP contribution in [0.25, 0.3) is 0 Å². The van der Waals surface area contributed by atoms with Gasteiger partial charge in [-0.1, -0.05) is 6.07 Å². The monoisotopic (exact) mass is 307 g/mol. The van der Waals surface area contributed by atoms with Crippen LogP contribution in [0.15, 0.2) is 18.2 Å². The molecule has 1 aromatic carbocycles. The molecule has 0 radical (unpaired) electrons. The van der Waals surface area contributed by atoms with Gasteiger partial charge in [-0.3, -0.25) is 4.79 Å². The van der Waals surface area contributed by atoms with Crippen molar-refractivity contribution in [2.24, 2.45) is 0 Å². The molecule has 0 saturated carbocycles. The Morgan fingerprint density at radius 3 is 2.68 bits per heavy atom. The molecule has 5 nitrogen and oxygen atoms in total. The quantitative estimate of drug-likeness (QED) is 0.878. The van der Waals surface area contributed by atoms with E-state index in [0.29, 0.717) is 18.1 Å². The Kier molecular flexibility index (Phi) is 5.66. The average molecular weight is 307 g/mol. The van der Waals surface area contributed by atoms with Crippen LogP contribution in [0.3, 0.4) is 0 Å². The van der Waals surface area contributed by atoms with Crippen molar-refractivity contribution in [2.45, 2.75) is 51.9 Å². The average Bonchev–Trinajstić information content (AvgIpc) is 3.01. The van der Waals surface area contributed by atoms with E-state index in [-0.39, 0.29) is 24.2 Å². The molecule has 22 heavy (non-hydrogen) atoms. The second kappa shape index (κ2) is 7.49. The Balaban J connectivity index is 2.05. The zero-order valence-electron chi connectivity index (χ0n) is 13.7. The minimum Gasteiger partial charge on any atom is -0.493 e. The Bertz CT molecular complexity index is 509. The van der Waals surface area contributed by atoms with Gasteiger partial charge in [0, 0.05) is 6.61 Å². The van der Waals surface area contributed by atoms with Crippen LogP contribution in [0.1, 0.15) is 45.2 Å². The molecule has 2 unspecified atom stereocenters. The Morgan fingerprint density at radius 2 is 2.09 bits per heavy atom. The number of methoxy groups -OCH3 is 1. The van der Waals surface area contributed by atoms with Crippen LogP contribution in [0.2, 0.25) is 0 Å². The highest BCUT2D eigenvalue weighted by atomic mass is 16.5. The first-order chi connectivity index (χ1) is 10.5. The van der Waals surface area contributed by atoms with Crippen LogP contribution in [-0.2, 0) is 9.53 Å². The summed E-state index contributed by atoms with van der Waals surface area (Å²) in [5, 5.41) is 2.99. The van der Waals surface area contributed by atoms with Crippen molar-refractivity contribution in [3.63, 3.8) is 0 Å². The number of hydrogen-bond acceptors (Lipinski definition) is 4. The zero-order valence-corrected chi connectivity index (χ0v) is 13.7.